The Bertz CT molecular complexity index is 560. The molecule has 0 saturated heterocycles. The van der Waals surface area contributed by atoms with E-state index in [1.807, 2.05) is 0 Å². The van der Waals surface area contributed by atoms with Crippen molar-refractivity contribution in [2.24, 2.45) is 0 Å². The van der Waals surface area contributed by atoms with Gasteiger partial charge in [0, 0.05) is 4.90 Å². The van der Waals surface area contributed by atoms with Gasteiger partial charge in [0.25, 0.3) is 0 Å². The van der Waals surface area contributed by atoms with Crippen molar-refractivity contribution in [1.29, 1.82) is 0 Å². The van der Waals surface area contributed by atoms with Crippen LogP contribution in [0.1, 0.15) is 16.1 Å². The molecule has 1 aromatic carbocycles. The van der Waals surface area contributed by atoms with Crippen LogP contribution >= 0.6 is 35.0 Å². The lowest BCUT2D eigenvalue weighted by molar-refractivity contribution is 0.0695. The van der Waals surface area contributed by atoms with Crippen LogP contribution in [0.2, 0.25) is 10.0 Å². The fraction of sp³-hybridized carbons (Fsp3) is 0.0833. The molecule has 0 saturated carbocycles. The summed E-state index contributed by atoms with van der Waals surface area (Å²) in [7, 11) is 0. The van der Waals surface area contributed by atoms with E-state index in [4.69, 9.17) is 32.7 Å². The molecule has 0 radical (unpaired) electrons. The molecular weight excluding hydrogens is 295 g/mol. The summed E-state index contributed by atoms with van der Waals surface area (Å²) in [6.07, 6.45) is 1.35. The zero-order valence-corrected chi connectivity index (χ0v) is 11.4. The van der Waals surface area contributed by atoms with Crippen molar-refractivity contribution < 1.29 is 14.3 Å². The molecule has 0 amide bonds. The monoisotopic (exact) mass is 302 g/mol. The van der Waals surface area contributed by atoms with Crippen LogP contribution in [0.5, 0.6) is 0 Å². The van der Waals surface area contributed by atoms with Gasteiger partial charge < -0.3 is 9.52 Å². The smallest absolute Gasteiger partial charge is 0.339 e. The second kappa shape index (κ2) is 5.69. The van der Waals surface area contributed by atoms with Crippen molar-refractivity contribution >= 4 is 40.9 Å². The minimum Gasteiger partial charge on any atom is -0.478 e. The number of hydrogen-bond acceptors (Lipinski definition) is 3. The summed E-state index contributed by atoms with van der Waals surface area (Å²) in [5.41, 5.74) is 0.158. The summed E-state index contributed by atoms with van der Waals surface area (Å²) in [6.45, 7) is 0. The van der Waals surface area contributed by atoms with Crippen LogP contribution in [-0.2, 0) is 5.75 Å². The minimum atomic E-state index is -1.01. The highest BCUT2D eigenvalue weighted by Crippen LogP contribution is 2.36. The molecule has 94 valence electrons. The number of halogens is 2. The zero-order chi connectivity index (χ0) is 13.1. The van der Waals surface area contributed by atoms with Gasteiger partial charge in [0.05, 0.1) is 22.1 Å². The van der Waals surface area contributed by atoms with Crippen LogP contribution in [0.25, 0.3) is 0 Å². The number of furan rings is 1. The van der Waals surface area contributed by atoms with Gasteiger partial charge in [-0.05, 0) is 18.2 Å². The zero-order valence-electron chi connectivity index (χ0n) is 9.02. The topological polar surface area (TPSA) is 50.4 Å². The van der Waals surface area contributed by atoms with Crippen LogP contribution in [-0.4, -0.2) is 11.1 Å². The van der Waals surface area contributed by atoms with E-state index in [1.165, 1.54) is 24.1 Å². The number of carboxylic acid groups (broad SMARTS) is 1. The average Bonchev–Trinajstić information content (AvgIpc) is 2.76. The fourth-order valence-electron chi connectivity index (χ4n) is 1.40. The number of carbonyl (C=O) groups is 1. The van der Waals surface area contributed by atoms with Gasteiger partial charge in [-0.1, -0.05) is 29.3 Å². The van der Waals surface area contributed by atoms with Crippen molar-refractivity contribution in [1.82, 2.24) is 0 Å². The number of thioether (sulfide) groups is 1. The van der Waals surface area contributed by atoms with Crippen molar-refractivity contribution in [3.63, 3.8) is 0 Å². The molecule has 0 spiro atoms. The molecule has 2 rings (SSSR count). The highest BCUT2D eigenvalue weighted by Gasteiger charge is 2.15. The Morgan fingerprint density at radius 2 is 1.94 bits per heavy atom. The predicted molar refractivity (Wildman–Crippen MR) is 71.7 cm³/mol. The molecule has 0 bridgehead atoms. The number of benzene rings is 1. The van der Waals surface area contributed by atoms with Gasteiger partial charge in [-0.3, -0.25) is 0 Å². The van der Waals surface area contributed by atoms with Crippen LogP contribution in [0.4, 0.5) is 0 Å². The molecule has 0 atom stereocenters. The number of rotatable bonds is 4. The quantitative estimate of drug-likeness (QED) is 0.840. The maximum absolute atomic E-state index is 10.9. The first-order valence-corrected chi connectivity index (χ1v) is 6.70. The second-order valence-electron chi connectivity index (χ2n) is 3.40. The van der Waals surface area contributed by atoms with Crippen LogP contribution in [0.3, 0.4) is 0 Å². The van der Waals surface area contributed by atoms with Gasteiger partial charge in [-0.25, -0.2) is 4.79 Å². The Kier molecular flexibility index (Phi) is 4.22. The van der Waals surface area contributed by atoms with E-state index in [-0.39, 0.29) is 5.56 Å². The Morgan fingerprint density at radius 3 is 2.56 bits per heavy atom. The summed E-state index contributed by atoms with van der Waals surface area (Å²) in [5.74, 6) is -0.258. The Hall–Kier alpha value is -1.10. The van der Waals surface area contributed by atoms with Gasteiger partial charge in [-0.2, -0.15) is 0 Å². The van der Waals surface area contributed by atoms with Crippen LogP contribution in [0.15, 0.2) is 39.8 Å². The average molecular weight is 303 g/mol. The maximum Gasteiger partial charge on any atom is 0.339 e. The molecule has 0 unspecified atom stereocenters. The molecule has 1 N–H and O–H groups in total. The van der Waals surface area contributed by atoms with E-state index in [9.17, 15) is 4.79 Å². The van der Waals surface area contributed by atoms with Crippen molar-refractivity contribution in [3.05, 3.63) is 51.9 Å². The van der Waals surface area contributed by atoms with Gasteiger partial charge in [0.15, 0.2) is 0 Å². The van der Waals surface area contributed by atoms with Crippen LogP contribution < -0.4 is 0 Å². The lowest BCUT2D eigenvalue weighted by atomic mass is 10.3. The van der Waals surface area contributed by atoms with E-state index in [0.29, 0.717) is 26.5 Å². The Balaban J connectivity index is 2.17. The molecule has 2 aromatic rings. The highest BCUT2D eigenvalue weighted by atomic mass is 35.5. The third-order valence-corrected chi connectivity index (χ3v) is 4.23. The van der Waals surface area contributed by atoms with Crippen molar-refractivity contribution in [2.75, 3.05) is 0 Å². The largest absolute Gasteiger partial charge is 0.478 e. The molecule has 3 nitrogen and oxygen atoms in total. The Morgan fingerprint density at radius 1 is 1.28 bits per heavy atom. The van der Waals surface area contributed by atoms with Crippen LogP contribution in [0, 0.1) is 0 Å². The first kappa shape index (κ1) is 13.3. The summed E-state index contributed by atoms with van der Waals surface area (Å²) in [6, 6.07) is 6.64. The molecule has 0 fully saturated rings. The molecular formula is C12H8Cl2O3S. The van der Waals surface area contributed by atoms with Gasteiger partial charge >= 0.3 is 5.97 Å². The van der Waals surface area contributed by atoms with Gasteiger partial charge in [-0.15, -0.1) is 11.8 Å². The summed E-state index contributed by atoms with van der Waals surface area (Å²) < 4.78 is 5.14. The normalized spacial score (nSPS) is 10.6. The van der Waals surface area contributed by atoms with E-state index >= 15 is 0 Å². The lowest BCUT2D eigenvalue weighted by Gasteiger charge is -2.05. The summed E-state index contributed by atoms with van der Waals surface area (Å²) in [5, 5.41) is 10.0. The van der Waals surface area contributed by atoms with Gasteiger partial charge in [0.2, 0.25) is 0 Å². The van der Waals surface area contributed by atoms with E-state index < -0.39 is 5.97 Å². The maximum atomic E-state index is 10.9. The fourth-order valence-corrected chi connectivity index (χ4v) is 3.04. The third-order valence-electron chi connectivity index (χ3n) is 2.24. The van der Waals surface area contributed by atoms with Crippen molar-refractivity contribution in [3.8, 4) is 0 Å². The number of hydrogen-bond donors (Lipinski definition) is 1. The van der Waals surface area contributed by atoms with E-state index in [2.05, 4.69) is 0 Å². The predicted octanol–water partition coefficient (Wildman–Crippen LogP) is 4.58. The van der Waals surface area contributed by atoms with E-state index in [1.54, 1.807) is 18.2 Å². The van der Waals surface area contributed by atoms with Crippen molar-refractivity contribution in [2.45, 2.75) is 10.6 Å². The highest BCUT2D eigenvalue weighted by molar-refractivity contribution is 7.98. The lowest BCUT2D eigenvalue weighted by Crippen LogP contribution is -1.97. The molecule has 0 aliphatic carbocycles. The first-order chi connectivity index (χ1) is 8.59. The minimum absolute atomic E-state index is 0.158. The number of aromatic carboxylic acids is 1. The summed E-state index contributed by atoms with van der Waals surface area (Å²) in [4.78, 5) is 11.6. The number of carboxylic acids is 1. The molecule has 1 heterocycles. The second-order valence-corrected chi connectivity index (χ2v) is 5.20. The van der Waals surface area contributed by atoms with E-state index in [0.717, 1.165) is 0 Å². The first-order valence-electron chi connectivity index (χ1n) is 4.96. The SMILES string of the molecule is O=C(O)c1ccoc1CSc1c(Cl)cccc1Cl. The molecule has 1 aromatic heterocycles. The third kappa shape index (κ3) is 2.83. The molecule has 0 aliphatic rings. The standard InChI is InChI=1S/C12H8Cl2O3S/c13-8-2-1-3-9(14)11(8)18-6-10-7(12(15)16)4-5-17-10/h1-5H,6H2,(H,15,16). The Labute approximate surface area is 118 Å². The molecule has 18 heavy (non-hydrogen) atoms. The molecule has 6 heteroatoms. The molecule has 0 aliphatic heterocycles. The van der Waals surface area contributed by atoms with Gasteiger partial charge in [0.1, 0.15) is 11.3 Å². The summed E-state index contributed by atoms with van der Waals surface area (Å²) >= 11 is 13.4.